The number of aromatic nitrogens is 3. The van der Waals surface area contributed by atoms with Crippen LogP contribution in [0.3, 0.4) is 0 Å². The van der Waals surface area contributed by atoms with Crippen LogP contribution >= 0.6 is 11.6 Å². The molecular formula is C28H18ClF3N6O3. The van der Waals surface area contributed by atoms with Crippen LogP contribution < -0.4 is 15.4 Å². The molecule has 13 heteroatoms. The van der Waals surface area contributed by atoms with Crippen LogP contribution in [0.1, 0.15) is 43.2 Å². The number of ether oxygens (including phenoxy) is 1. The standard InChI is InChI=1S/C28H18ClF3N6O3/c1-16-12-18(15-33)13-21(26(39)34-2)24(16)36-27(40)23-14-19(37-38(23)25-22(29)4-3-11-35-25)8-5-17-6-9-20(10-7-17)41-28(30,31)32/h3-4,6-7,9-14H,1-2H3,(H,34,39)(H,36,40). The van der Waals surface area contributed by atoms with Gasteiger partial charge in [-0.1, -0.05) is 17.5 Å². The molecule has 0 aliphatic rings. The zero-order chi connectivity index (χ0) is 29.7. The van der Waals surface area contributed by atoms with Crippen molar-refractivity contribution >= 4 is 29.1 Å². The number of amides is 2. The maximum atomic E-state index is 13.5. The monoisotopic (exact) mass is 578 g/mol. The van der Waals surface area contributed by atoms with Gasteiger partial charge in [0, 0.05) is 24.9 Å². The molecule has 0 spiro atoms. The highest BCUT2D eigenvalue weighted by atomic mass is 35.5. The van der Waals surface area contributed by atoms with Crippen LogP contribution in [-0.4, -0.2) is 40.0 Å². The first-order valence-electron chi connectivity index (χ1n) is 11.7. The van der Waals surface area contributed by atoms with E-state index in [1.807, 2.05) is 6.07 Å². The number of alkyl halides is 3. The molecule has 0 fully saturated rings. The number of benzene rings is 2. The van der Waals surface area contributed by atoms with E-state index in [-0.39, 0.29) is 39.0 Å². The molecule has 41 heavy (non-hydrogen) atoms. The highest BCUT2D eigenvalue weighted by Crippen LogP contribution is 2.26. The van der Waals surface area contributed by atoms with Gasteiger partial charge in [-0.3, -0.25) is 9.59 Å². The number of rotatable bonds is 5. The number of pyridine rings is 1. The van der Waals surface area contributed by atoms with Crippen LogP contribution in [0.15, 0.2) is 60.8 Å². The van der Waals surface area contributed by atoms with Crippen LogP contribution in [0.25, 0.3) is 5.82 Å². The van der Waals surface area contributed by atoms with Gasteiger partial charge in [-0.25, -0.2) is 9.67 Å². The second kappa shape index (κ2) is 11.8. The van der Waals surface area contributed by atoms with Gasteiger partial charge in [0.1, 0.15) is 17.1 Å². The lowest BCUT2D eigenvalue weighted by Gasteiger charge is -2.14. The first kappa shape index (κ1) is 28.7. The van der Waals surface area contributed by atoms with Gasteiger partial charge in [0.05, 0.1) is 27.9 Å². The molecular weight excluding hydrogens is 561 g/mol. The number of nitriles is 1. The summed E-state index contributed by atoms with van der Waals surface area (Å²) in [4.78, 5) is 30.3. The Balaban J connectivity index is 1.73. The van der Waals surface area contributed by atoms with Gasteiger partial charge in [0.2, 0.25) is 0 Å². The predicted molar refractivity (Wildman–Crippen MR) is 143 cm³/mol. The van der Waals surface area contributed by atoms with Crippen LogP contribution in [-0.2, 0) is 0 Å². The number of hydrogen-bond donors (Lipinski definition) is 2. The number of carbonyl (C=O) groups is 2. The Morgan fingerprint density at radius 1 is 1.05 bits per heavy atom. The number of hydrogen-bond acceptors (Lipinski definition) is 6. The molecule has 0 atom stereocenters. The number of nitrogens with one attached hydrogen (secondary N) is 2. The number of nitrogens with zero attached hydrogens (tertiary/aromatic N) is 4. The first-order valence-corrected chi connectivity index (χ1v) is 12.0. The largest absolute Gasteiger partial charge is 0.573 e. The first-order chi connectivity index (χ1) is 19.5. The third kappa shape index (κ3) is 6.82. The molecule has 4 aromatic rings. The van der Waals surface area contributed by atoms with Gasteiger partial charge in [-0.2, -0.15) is 10.4 Å². The van der Waals surface area contributed by atoms with Gasteiger partial charge >= 0.3 is 6.36 Å². The van der Waals surface area contributed by atoms with Crippen molar-refractivity contribution in [3.63, 3.8) is 0 Å². The topological polar surface area (TPSA) is 122 Å². The Morgan fingerprint density at radius 3 is 2.41 bits per heavy atom. The molecule has 0 saturated heterocycles. The van der Waals surface area contributed by atoms with Crippen LogP contribution in [0.5, 0.6) is 5.75 Å². The zero-order valence-corrected chi connectivity index (χ0v) is 22.1. The second-order valence-corrected chi connectivity index (χ2v) is 8.73. The molecule has 2 aromatic heterocycles. The number of halogens is 4. The minimum absolute atomic E-state index is 0.0320. The molecule has 2 amide bonds. The molecule has 0 unspecified atom stereocenters. The van der Waals surface area contributed by atoms with E-state index in [0.717, 1.165) is 12.1 Å². The molecule has 206 valence electrons. The Hall–Kier alpha value is -5.33. The van der Waals surface area contributed by atoms with Crippen LogP contribution in [0, 0.1) is 30.1 Å². The Bertz CT molecular complexity index is 1750. The SMILES string of the molecule is CNC(=O)c1cc(C#N)cc(C)c1NC(=O)c1cc(C#Cc2ccc(OC(F)(F)F)cc2)nn1-c1ncccc1Cl. The van der Waals surface area contributed by atoms with Gasteiger partial charge in [0.25, 0.3) is 11.8 Å². The van der Waals surface area contributed by atoms with Crippen molar-refractivity contribution in [1.82, 2.24) is 20.1 Å². The van der Waals surface area contributed by atoms with Crippen LogP contribution in [0.4, 0.5) is 18.9 Å². The fourth-order valence-corrected chi connectivity index (χ4v) is 3.89. The Morgan fingerprint density at radius 2 is 1.78 bits per heavy atom. The van der Waals surface area contributed by atoms with E-state index in [4.69, 9.17) is 11.6 Å². The highest BCUT2D eigenvalue weighted by Gasteiger charge is 2.31. The summed E-state index contributed by atoms with van der Waals surface area (Å²) in [7, 11) is 1.42. The molecule has 0 bridgehead atoms. The summed E-state index contributed by atoms with van der Waals surface area (Å²) < 4.78 is 42.3. The van der Waals surface area contributed by atoms with Crippen molar-refractivity contribution in [3.8, 4) is 29.5 Å². The van der Waals surface area contributed by atoms with E-state index in [1.54, 1.807) is 19.1 Å². The smallest absolute Gasteiger partial charge is 0.406 e. The highest BCUT2D eigenvalue weighted by molar-refractivity contribution is 6.32. The predicted octanol–water partition coefficient (Wildman–Crippen LogP) is 5.01. The van der Waals surface area contributed by atoms with Crippen LogP contribution in [0.2, 0.25) is 5.02 Å². The van der Waals surface area contributed by atoms with Gasteiger partial charge in [-0.15, -0.1) is 13.2 Å². The van der Waals surface area contributed by atoms with Gasteiger partial charge in [0.15, 0.2) is 5.82 Å². The Kier molecular flexibility index (Phi) is 8.26. The average Bonchev–Trinajstić information content (AvgIpc) is 3.36. The van der Waals surface area contributed by atoms with Crippen molar-refractivity contribution in [2.75, 3.05) is 12.4 Å². The van der Waals surface area contributed by atoms with E-state index in [2.05, 4.69) is 37.3 Å². The second-order valence-electron chi connectivity index (χ2n) is 8.32. The summed E-state index contributed by atoms with van der Waals surface area (Å²) in [5.74, 6) is 4.07. The summed E-state index contributed by atoms with van der Waals surface area (Å²) >= 11 is 6.32. The van der Waals surface area contributed by atoms with Crippen molar-refractivity contribution in [3.05, 3.63) is 99.5 Å². The lowest BCUT2D eigenvalue weighted by Crippen LogP contribution is -2.24. The van der Waals surface area contributed by atoms with Gasteiger partial charge in [-0.05, 0) is 66.9 Å². The average molecular weight is 579 g/mol. The quantitative estimate of drug-likeness (QED) is 0.321. The zero-order valence-electron chi connectivity index (χ0n) is 21.3. The third-order valence-corrected chi connectivity index (χ3v) is 5.77. The van der Waals surface area contributed by atoms with Crippen molar-refractivity contribution in [2.45, 2.75) is 13.3 Å². The minimum Gasteiger partial charge on any atom is -0.406 e. The molecule has 9 nitrogen and oxygen atoms in total. The van der Waals surface area contributed by atoms with Gasteiger partial charge < -0.3 is 15.4 Å². The fourth-order valence-electron chi connectivity index (χ4n) is 3.68. The van der Waals surface area contributed by atoms with E-state index in [0.29, 0.717) is 11.1 Å². The summed E-state index contributed by atoms with van der Waals surface area (Å²) in [5, 5.41) is 19.0. The summed E-state index contributed by atoms with van der Waals surface area (Å²) in [6.07, 6.45) is -3.36. The summed E-state index contributed by atoms with van der Waals surface area (Å²) in [6, 6.07) is 14.3. The number of aryl methyl sites for hydroxylation is 1. The van der Waals surface area contributed by atoms with Crippen molar-refractivity contribution in [2.24, 2.45) is 0 Å². The van der Waals surface area contributed by atoms with E-state index < -0.39 is 23.9 Å². The van der Waals surface area contributed by atoms with E-state index >= 15 is 0 Å². The molecule has 2 aromatic carbocycles. The lowest BCUT2D eigenvalue weighted by molar-refractivity contribution is -0.274. The number of anilines is 1. The summed E-state index contributed by atoms with van der Waals surface area (Å²) in [5.41, 5.74) is 1.42. The minimum atomic E-state index is -4.82. The van der Waals surface area contributed by atoms with Crippen molar-refractivity contribution < 1.29 is 27.5 Å². The lowest BCUT2D eigenvalue weighted by atomic mass is 10.0. The van der Waals surface area contributed by atoms with E-state index in [1.165, 1.54) is 48.3 Å². The normalized spacial score (nSPS) is 10.7. The number of carbonyl (C=O) groups excluding carboxylic acids is 2. The molecule has 0 saturated carbocycles. The third-order valence-electron chi connectivity index (χ3n) is 5.48. The molecule has 2 N–H and O–H groups in total. The summed E-state index contributed by atoms with van der Waals surface area (Å²) in [6.45, 7) is 1.64. The fraction of sp³-hybridized carbons (Fsp3) is 0.107. The maximum Gasteiger partial charge on any atom is 0.573 e. The maximum absolute atomic E-state index is 13.5. The van der Waals surface area contributed by atoms with Crippen molar-refractivity contribution in [1.29, 1.82) is 5.26 Å². The Labute approximate surface area is 236 Å². The van der Waals surface area contributed by atoms with E-state index in [9.17, 15) is 28.0 Å². The molecule has 0 radical (unpaired) electrons. The molecule has 0 aliphatic carbocycles. The molecule has 2 heterocycles. The molecule has 4 rings (SSSR count). The molecule has 0 aliphatic heterocycles.